The van der Waals surface area contributed by atoms with Crippen molar-refractivity contribution in [2.24, 2.45) is 0 Å². The predicted molar refractivity (Wildman–Crippen MR) is 49.3 cm³/mol. The molecule has 12 heavy (non-hydrogen) atoms. The van der Waals surface area contributed by atoms with Crippen LogP contribution in [-0.4, -0.2) is 4.98 Å². The Labute approximate surface area is 85.4 Å². The Kier molecular flexibility index (Phi) is 3.17. The molecule has 1 rings (SSSR count). The van der Waals surface area contributed by atoms with Crippen molar-refractivity contribution in [1.82, 2.24) is 4.98 Å². The molecular weight excluding hydrogens is 296 g/mol. The molecule has 0 fully saturated rings. The summed E-state index contributed by atoms with van der Waals surface area (Å²) in [6.45, 7) is 1.79. The zero-order chi connectivity index (χ0) is 9.30. The highest BCUT2D eigenvalue weighted by Gasteiger charge is 2.14. The lowest BCUT2D eigenvalue weighted by Crippen LogP contribution is -1.94. The number of rotatable bonds is 1. The monoisotopic (exact) mass is 299 g/mol. The number of aryl methyl sites for hydroxylation is 1. The van der Waals surface area contributed by atoms with Crippen molar-refractivity contribution in [3.63, 3.8) is 0 Å². The van der Waals surface area contributed by atoms with Crippen LogP contribution in [0.1, 0.15) is 17.7 Å². The number of nitrogens with zero attached hydrogens (tertiary/aromatic N) is 1. The molecule has 1 nitrogen and oxygen atoms in total. The lowest BCUT2D eigenvalue weighted by atomic mass is 10.3. The Bertz CT molecular complexity index is 302. The molecule has 0 bridgehead atoms. The highest BCUT2D eigenvalue weighted by atomic mass is 79.9. The molecule has 0 radical (unpaired) electrons. The van der Waals surface area contributed by atoms with Crippen LogP contribution in [0.2, 0.25) is 0 Å². The molecule has 0 aliphatic rings. The third-order valence-electron chi connectivity index (χ3n) is 1.34. The summed E-state index contributed by atoms with van der Waals surface area (Å²) in [4.78, 5) is 3.69. The fourth-order valence-corrected chi connectivity index (χ4v) is 1.63. The molecule has 0 spiro atoms. The lowest BCUT2D eigenvalue weighted by molar-refractivity contribution is 0.145. The van der Waals surface area contributed by atoms with Gasteiger partial charge in [-0.05, 0) is 50.4 Å². The van der Waals surface area contributed by atoms with Gasteiger partial charge < -0.3 is 0 Å². The smallest absolute Gasteiger partial charge is 0.238 e. The first-order chi connectivity index (χ1) is 5.52. The molecular formula is C7H5Br2F2N. The van der Waals surface area contributed by atoms with Gasteiger partial charge in [-0.15, -0.1) is 0 Å². The van der Waals surface area contributed by atoms with E-state index in [1.54, 1.807) is 13.0 Å². The van der Waals surface area contributed by atoms with Gasteiger partial charge >= 0.3 is 0 Å². The molecule has 0 amide bonds. The topological polar surface area (TPSA) is 12.9 Å². The van der Waals surface area contributed by atoms with Crippen molar-refractivity contribution in [3.8, 4) is 0 Å². The summed E-state index contributed by atoms with van der Waals surface area (Å²) in [5.74, 6) is 0. The molecule has 66 valence electrons. The van der Waals surface area contributed by atoms with Crippen LogP contribution in [0.3, 0.4) is 0 Å². The van der Waals surface area contributed by atoms with Crippen LogP contribution in [0.15, 0.2) is 15.1 Å². The van der Waals surface area contributed by atoms with Gasteiger partial charge in [0.2, 0.25) is 0 Å². The van der Waals surface area contributed by atoms with Crippen molar-refractivity contribution < 1.29 is 8.78 Å². The maximum Gasteiger partial charge on any atom is 0.281 e. The van der Waals surface area contributed by atoms with Gasteiger partial charge in [-0.25, -0.2) is 13.8 Å². The first kappa shape index (κ1) is 10.1. The Morgan fingerprint density at radius 2 is 2.00 bits per heavy atom. The van der Waals surface area contributed by atoms with Crippen LogP contribution >= 0.6 is 31.9 Å². The first-order valence-corrected chi connectivity index (χ1v) is 4.71. The van der Waals surface area contributed by atoms with Crippen LogP contribution < -0.4 is 0 Å². The number of hydrogen-bond acceptors (Lipinski definition) is 1. The highest BCUT2D eigenvalue weighted by molar-refractivity contribution is 9.11. The molecule has 0 saturated carbocycles. The summed E-state index contributed by atoms with van der Waals surface area (Å²) in [6.07, 6.45) is -2.55. The summed E-state index contributed by atoms with van der Waals surface area (Å²) >= 11 is 6.10. The molecule has 0 aliphatic heterocycles. The molecule has 0 saturated heterocycles. The van der Waals surface area contributed by atoms with Gasteiger partial charge in [-0.2, -0.15) is 0 Å². The number of halogens is 4. The van der Waals surface area contributed by atoms with Crippen molar-refractivity contribution in [2.45, 2.75) is 13.3 Å². The first-order valence-electron chi connectivity index (χ1n) is 3.13. The Morgan fingerprint density at radius 1 is 1.42 bits per heavy atom. The third-order valence-corrected chi connectivity index (χ3v) is 2.78. The average molecular weight is 301 g/mol. The minimum Gasteiger partial charge on any atom is -0.238 e. The van der Waals surface area contributed by atoms with E-state index in [1.807, 2.05) is 0 Å². The van der Waals surface area contributed by atoms with Gasteiger partial charge in [0, 0.05) is 4.47 Å². The van der Waals surface area contributed by atoms with E-state index < -0.39 is 6.43 Å². The van der Waals surface area contributed by atoms with E-state index >= 15 is 0 Å². The Hall–Kier alpha value is -0.0300. The SMILES string of the molecule is Cc1cc(Br)c(C(F)F)nc1Br. The fraction of sp³-hybridized carbons (Fsp3) is 0.286. The highest BCUT2D eigenvalue weighted by Crippen LogP contribution is 2.28. The molecule has 0 atom stereocenters. The zero-order valence-corrected chi connectivity index (χ0v) is 9.29. The van der Waals surface area contributed by atoms with E-state index in [1.165, 1.54) is 0 Å². The van der Waals surface area contributed by atoms with Crippen LogP contribution in [0, 0.1) is 6.92 Å². The van der Waals surface area contributed by atoms with Crippen molar-refractivity contribution >= 4 is 31.9 Å². The van der Waals surface area contributed by atoms with Crippen molar-refractivity contribution in [3.05, 3.63) is 26.4 Å². The molecule has 1 aromatic heterocycles. The quantitative estimate of drug-likeness (QED) is 0.718. The van der Waals surface area contributed by atoms with E-state index in [9.17, 15) is 8.78 Å². The third kappa shape index (κ3) is 2.01. The molecule has 0 aromatic carbocycles. The molecule has 1 aromatic rings. The maximum atomic E-state index is 12.2. The largest absolute Gasteiger partial charge is 0.281 e. The minimum absolute atomic E-state index is 0.229. The normalized spacial score (nSPS) is 10.8. The Morgan fingerprint density at radius 3 is 2.50 bits per heavy atom. The van der Waals surface area contributed by atoms with E-state index in [0.29, 0.717) is 9.08 Å². The van der Waals surface area contributed by atoms with Gasteiger partial charge in [-0.1, -0.05) is 0 Å². The van der Waals surface area contributed by atoms with E-state index in [0.717, 1.165) is 5.56 Å². The summed E-state index contributed by atoms with van der Waals surface area (Å²) in [5, 5.41) is 0. The molecule has 1 heterocycles. The average Bonchev–Trinajstić information content (AvgIpc) is 1.96. The summed E-state index contributed by atoms with van der Waals surface area (Å²) < 4.78 is 25.3. The second-order valence-electron chi connectivity index (χ2n) is 2.26. The summed E-state index contributed by atoms with van der Waals surface area (Å²) in [5.41, 5.74) is 0.596. The second-order valence-corrected chi connectivity index (χ2v) is 3.87. The standard InChI is InChI=1S/C7H5Br2F2N/c1-3-2-4(8)5(7(10)11)12-6(3)9/h2,7H,1H3. The Balaban J connectivity index is 3.23. The lowest BCUT2D eigenvalue weighted by Gasteiger charge is -2.04. The number of pyridine rings is 1. The van der Waals surface area contributed by atoms with Gasteiger partial charge in [-0.3, -0.25) is 0 Å². The van der Waals surface area contributed by atoms with Gasteiger partial charge in [0.15, 0.2) is 0 Å². The van der Waals surface area contributed by atoms with Crippen LogP contribution in [0.25, 0.3) is 0 Å². The molecule has 0 aliphatic carbocycles. The van der Waals surface area contributed by atoms with Gasteiger partial charge in [0.25, 0.3) is 6.43 Å². The summed E-state index contributed by atoms with van der Waals surface area (Å²) in [7, 11) is 0. The number of aromatic nitrogens is 1. The predicted octanol–water partition coefficient (Wildman–Crippen LogP) is 3.85. The van der Waals surface area contributed by atoms with Crippen molar-refractivity contribution in [1.29, 1.82) is 0 Å². The maximum absolute atomic E-state index is 12.2. The van der Waals surface area contributed by atoms with E-state index in [2.05, 4.69) is 36.8 Å². The van der Waals surface area contributed by atoms with Crippen molar-refractivity contribution in [2.75, 3.05) is 0 Å². The minimum atomic E-state index is -2.55. The van der Waals surface area contributed by atoms with Gasteiger partial charge in [0.1, 0.15) is 10.3 Å². The number of alkyl halides is 2. The second kappa shape index (κ2) is 3.79. The van der Waals surface area contributed by atoms with Gasteiger partial charge in [0.05, 0.1) is 0 Å². The van der Waals surface area contributed by atoms with Crippen LogP contribution in [-0.2, 0) is 0 Å². The van der Waals surface area contributed by atoms with E-state index in [4.69, 9.17) is 0 Å². The van der Waals surface area contributed by atoms with Crippen LogP contribution in [0.4, 0.5) is 8.78 Å². The molecule has 0 N–H and O–H groups in total. The molecule has 0 unspecified atom stereocenters. The fourth-order valence-electron chi connectivity index (χ4n) is 0.724. The molecule has 5 heteroatoms. The van der Waals surface area contributed by atoms with Crippen LogP contribution in [0.5, 0.6) is 0 Å². The van der Waals surface area contributed by atoms with E-state index in [-0.39, 0.29) is 5.69 Å². The summed E-state index contributed by atoms with van der Waals surface area (Å²) in [6, 6.07) is 1.61. The number of hydrogen-bond donors (Lipinski definition) is 0. The zero-order valence-electron chi connectivity index (χ0n) is 6.11.